The molecule has 5 heteroatoms. The zero-order valence-electron chi connectivity index (χ0n) is 8.36. The Balaban J connectivity index is 2.36. The van der Waals surface area contributed by atoms with Gasteiger partial charge in [-0.25, -0.2) is 0 Å². The van der Waals surface area contributed by atoms with Crippen molar-refractivity contribution in [2.24, 2.45) is 5.41 Å². The van der Waals surface area contributed by atoms with E-state index in [2.05, 4.69) is 0 Å². The Morgan fingerprint density at radius 3 is 2.36 bits per heavy atom. The second-order valence-corrected chi connectivity index (χ2v) is 5.08. The number of alkyl halides is 4. The molecule has 14 heavy (non-hydrogen) atoms. The van der Waals surface area contributed by atoms with Crippen molar-refractivity contribution in [2.45, 2.75) is 31.8 Å². The highest BCUT2D eigenvalue weighted by atomic mass is 35.5. The lowest BCUT2D eigenvalue weighted by atomic mass is 9.92. The highest BCUT2D eigenvalue weighted by Crippen LogP contribution is 2.34. The molecule has 0 saturated carbocycles. The van der Waals surface area contributed by atoms with Gasteiger partial charge in [0.15, 0.2) is 0 Å². The third-order valence-corrected chi connectivity index (χ3v) is 3.34. The quantitative estimate of drug-likeness (QED) is 0.659. The first-order chi connectivity index (χ1) is 6.21. The first-order valence-corrected chi connectivity index (χ1v) is 5.07. The molecule has 0 aromatic heterocycles. The van der Waals surface area contributed by atoms with Gasteiger partial charge in [0.2, 0.25) is 0 Å². The maximum Gasteiger partial charge on any atom is 0.390 e. The van der Waals surface area contributed by atoms with Crippen LogP contribution in [0.4, 0.5) is 13.2 Å². The fraction of sp³-hybridized carbons (Fsp3) is 1.00. The van der Waals surface area contributed by atoms with E-state index in [4.69, 9.17) is 11.6 Å². The standard InChI is InChI=1S/C9H15ClF3N/c1-8(2)6-14(5-7(8)10)4-3-9(11,12)13/h7H,3-6H2,1-2H3. The first-order valence-electron chi connectivity index (χ1n) is 4.64. The van der Waals surface area contributed by atoms with E-state index in [1.165, 1.54) is 0 Å². The van der Waals surface area contributed by atoms with Gasteiger partial charge in [0.1, 0.15) is 0 Å². The summed E-state index contributed by atoms with van der Waals surface area (Å²) in [7, 11) is 0. The number of halogens is 4. The van der Waals surface area contributed by atoms with Crippen LogP contribution in [0.15, 0.2) is 0 Å². The predicted octanol–water partition coefficient (Wildman–Crippen LogP) is 2.89. The van der Waals surface area contributed by atoms with E-state index >= 15 is 0 Å². The van der Waals surface area contributed by atoms with Crippen molar-refractivity contribution in [3.05, 3.63) is 0 Å². The maximum absolute atomic E-state index is 11.9. The number of hydrogen-bond donors (Lipinski definition) is 0. The molecule has 0 radical (unpaired) electrons. The van der Waals surface area contributed by atoms with E-state index in [1.807, 2.05) is 13.8 Å². The molecule has 1 aliphatic rings. The molecule has 1 unspecified atom stereocenters. The van der Waals surface area contributed by atoms with Gasteiger partial charge in [-0.15, -0.1) is 11.6 Å². The van der Waals surface area contributed by atoms with Crippen LogP contribution in [0, 0.1) is 5.41 Å². The first kappa shape index (κ1) is 12.1. The summed E-state index contributed by atoms with van der Waals surface area (Å²) in [6.07, 6.45) is -4.80. The molecule has 0 aromatic carbocycles. The fourth-order valence-corrected chi connectivity index (χ4v) is 1.93. The molecule has 0 N–H and O–H groups in total. The average molecular weight is 230 g/mol. The van der Waals surface area contributed by atoms with Crippen LogP contribution in [0.5, 0.6) is 0 Å². The average Bonchev–Trinajstić information content (AvgIpc) is 2.21. The van der Waals surface area contributed by atoms with Crippen LogP contribution in [0.25, 0.3) is 0 Å². The minimum atomic E-state index is -4.06. The van der Waals surface area contributed by atoms with E-state index < -0.39 is 12.6 Å². The molecular formula is C9H15ClF3N. The van der Waals surface area contributed by atoms with Crippen molar-refractivity contribution >= 4 is 11.6 Å². The fourth-order valence-electron chi connectivity index (χ4n) is 1.67. The predicted molar refractivity (Wildman–Crippen MR) is 50.5 cm³/mol. The Morgan fingerprint density at radius 1 is 1.43 bits per heavy atom. The Morgan fingerprint density at radius 2 is 2.00 bits per heavy atom. The van der Waals surface area contributed by atoms with Crippen LogP contribution in [0.1, 0.15) is 20.3 Å². The van der Waals surface area contributed by atoms with Gasteiger partial charge in [-0.1, -0.05) is 13.8 Å². The van der Waals surface area contributed by atoms with Gasteiger partial charge in [-0.3, -0.25) is 0 Å². The van der Waals surface area contributed by atoms with E-state index in [0.717, 1.165) is 0 Å². The Kier molecular flexibility index (Phi) is 3.37. The molecule has 1 aliphatic heterocycles. The number of nitrogens with zero attached hydrogens (tertiary/aromatic N) is 1. The minimum Gasteiger partial charge on any atom is -0.301 e. The summed E-state index contributed by atoms with van der Waals surface area (Å²) in [5, 5.41) is -0.0456. The molecule has 0 bridgehead atoms. The molecule has 0 amide bonds. The second kappa shape index (κ2) is 3.89. The molecular weight excluding hydrogens is 215 g/mol. The SMILES string of the molecule is CC1(C)CN(CCC(F)(F)F)CC1Cl. The summed E-state index contributed by atoms with van der Waals surface area (Å²) in [6.45, 7) is 5.24. The third-order valence-electron chi connectivity index (χ3n) is 2.61. The van der Waals surface area contributed by atoms with Crippen LogP contribution in [0.3, 0.4) is 0 Å². The lowest BCUT2D eigenvalue weighted by Gasteiger charge is -2.21. The van der Waals surface area contributed by atoms with Crippen LogP contribution in [0.2, 0.25) is 0 Å². The summed E-state index contributed by atoms with van der Waals surface area (Å²) in [5.74, 6) is 0. The molecule has 1 rings (SSSR count). The molecule has 0 spiro atoms. The molecule has 1 atom stereocenters. The van der Waals surface area contributed by atoms with Crippen LogP contribution < -0.4 is 0 Å². The number of rotatable bonds is 2. The van der Waals surface area contributed by atoms with Crippen LogP contribution in [-0.2, 0) is 0 Å². The zero-order chi connectivity index (χ0) is 11.0. The summed E-state index contributed by atoms with van der Waals surface area (Å²) in [6, 6.07) is 0. The van der Waals surface area contributed by atoms with Crippen molar-refractivity contribution in [1.82, 2.24) is 4.90 Å². The van der Waals surface area contributed by atoms with Gasteiger partial charge in [0.25, 0.3) is 0 Å². The molecule has 1 heterocycles. The van der Waals surface area contributed by atoms with Gasteiger partial charge in [-0.2, -0.15) is 13.2 Å². The molecule has 0 aromatic rings. The summed E-state index contributed by atoms with van der Waals surface area (Å²) in [4.78, 5) is 1.78. The van der Waals surface area contributed by atoms with E-state index in [1.54, 1.807) is 4.90 Å². The lowest BCUT2D eigenvalue weighted by Crippen LogP contribution is -2.27. The Hall–Kier alpha value is 0.0400. The van der Waals surface area contributed by atoms with Crippen molar-refractivity contribution in [3.8, 4) is 0 Å². The Labute approximate surface area is 87.2 Å². The van der Waals surface area contributed by atoms with Gasteiger partial charge >= 0.3 is 6.18 Å². The maximum atomic E-state index is 11.9. The Bertz CT molecular complexity index is 203. The van der Waals surface area contributed by atoms with Crippen molar-refractivity contribution in [1.29, 1.82) is 0 Å². The van der Waals surface area contributed by atoms with Crippen molar-refractivity contribution in [2.75, 3.05) is 19.6 Å². The largest absolute Gasteiger partial charge is 0.390 e. The number of hydrogen-bond acceptors (Lipinski definition) is 1. The van der Waals surface area contributed by atoms with Crippen molar-refractivity contribution in [3.63, 3.8) is 0 Å². The van der Waals surface area contributed by atoms with Gasteiger partial charge in [0.05, 0.1) is 11.8 Å². The molecule has 84 valence electrons. The van der Waals surface area contributed by atoms with Gasteiger partial charge in [-0.05, 0) is 5.41 Å². The third kappa shape index (κ3) is 3.31. The monoisotopic (exact) mass is 229 g/mol. The van der Waals surface area contributed by atoms with Crippen LogP contribution in [-0.4, -0.2) is 36.1 Å². The van der Waals surface area contributed by atoms with E-state index in [-0.39, 0.29) is 17.3 Å². The van der Waals surface area contributed by atoms with Gasteiger partial charge in [0, 0.05) is 19.6 Å². The molecule has 1 saturated heterocycles. The minimum absolute atomic E-state index is 0.0456. The zero-order valence-corrected chi connectivity index (χ0v) is 9.12. The summed E-state index contributed by atoms with van der Waals surface area (Å²) in [5.41, 5.74) is -0.0762. The van der Waals surface area contributed by atoms with Crippen LogP contribution >= 0.6 is 11.6 Å². The second-order valence-electron chi connectivity index (χ2n) is 4.56. The van der Waals surface area contributed by atoms with E-state index in [9.17, 15) is 13.2 Å². The molecule has 1 nitrogen and oxygen atoms in total. The highest BCUT2D eigenvalue weighted by molar-refractivity contribution is 6.21. The highest BCUT2D eigenvalue weighted by Gasteiger charge is 2.39. The number of likely N-dealkylation sites (tertiary alicyclic amines) is 1. The smallest absolute Gasteiger partial charge is 0.301 e. The van der Waals surface area contributed by atoms with Crippen molar-refractivity contribution < 1.29 is 13.2 Å². The van der Waals surface area contributed by atoms with Gasteiger partial charge < -0.3 is 4.90 Å². The summed E-state index contributed by atoms with van der Waals surface area (Å²) >= 11 is 6.03. The summed E-state index contributed by atoms with van der Waals surface area (Å²) < 4.78 is 35.8. The molecule has 1 fully saturated rings. The molecule has 0 aliphatic carbocycles. The topological polar surface area (TPSA) is 3.24 Å². The normalized spacial score (nSPS) is 28.3. The van der Waals surface area contributed by atoms with E-state index in [0.29, 0.717) is 13.1 Å². The lowest BCUT2D eigenvalue weighted by molar-refractivity contribution is -0.137.